The summed E-state index contributed by atoms with van der Waals surface area (Å²) >= 11 is 0. The van der Waals surface area contributed by atoms with Crippen LogP contribution >= 0.6 is 0 Å². The zero-order chi connectivity index (χ0) is 15.4. The molecule has 0 aliphatic heterocycles. The zero-order valence-electron chi connectivity index (χ0n) is 11.7. The van der Waals surface area contributed by atoms with E-state index >= 15 is 0 Å². The summed E-state index contributed by atoms with van der Waals surface area (Å²) in [5.41, 5.74) is 8.82. The highest BCUT2D eigenvalue weighted by atomic mass is 15.1. The number of hydrogen-bond donors (Lipinski definition) is 3. The molecule has 108 valence electrons. The Morgan fingerprint density at radius 3 is 2.18 bits per heavy atom. The van der Waals surface area contributed by atoms with Gasteiger partial charge >= 0.3 is 0 Å². The molecule has 2 aromatic heterocycles. The number of H-pyrrole nitrogens is 2. The number of aromatic amines is 2. The highest BCUT2D eigenvalue weighted by Gasteiger charge is 2.01. The number of para-hydroxylation sites is 2. The number of nitrogens with one attached hydrogen (secondary N) is 2. The third-order valence-electron chi connectivity index (χ3n) is 3.32. The second-order valence-corrected chi connectivity index (χ2v) is 4.65. The summed E-state index contributed by atoms with van der Waals surface area (Å²) in [6.07, 6.45) is 0. The van der Waals surface area contributed by atoms with E-state index in [-0.39, 0.29) is 0 Å². The zero-order valence-corrected chi connectivity index (χ0v) is 11.7. The van der Waals surface area contributed by atoms with Crippen LogP contribution in [0.3, 0.4) is 0 Å². The molecule has 0 spiro atoms. The smallest absolute Gasteiger partial charge is 0.170 e. The molecular weight excluding hydrogens is 276 g/mol. The van der Waals surface area contributed by atoms with E-state index in [1.807, 2.05) is 54.6 Å². The summed E-state index contributed by atoms with van der Waals surface area (Å²) in [6, 6.07) is 17.5. The van der Waals surface area contributed by atoms with Gasteiger partial charge in [0.15, 0.2) is 5.69 Å². The maximum Gasteiger partial charge on any atom is 0.170 e. The van der Waals surface area contributed by atoms with E-state index in [4.69, 9.17) is 11.0 Å². The molecule has 0 unspecified atom stereocenters. The first kappa shape index (κ1) is 13.8. The van der Waals surface area contributed by atoms with Crippen molar-refractivity contribution in [3.63, 3.8) is 0 Å². The maximum absolute atomic E-state index is 8.59. The van der Waals surface area contributed by atoms with E-state index in [1.165, 1.54) is 0 Å². The van der Waals surface area contributed by atoms with Gasteiger partial charge in [0, 0.05) is 17.3 Å². The van der Waals surface area contributed by atoms with Crippen LogP contribution in [0.2, 0.25) is 0 Å². The number of nitriles is 1. The molecule has 6 heteroatoms. The molecule has 4 rings (SSSR count). The van der Waals surface area contributed by atoms with Crippen molar-refractivity contribution in [1.82, 2.24) is 20.4 Å². The van der Waals surface area contributed by atoms with Gasteiger partial charge in [-0.2, -0.15) is 15.5 Å². The fourth-order valence-electron chi connectivity index (χ4n) is 2.22. The molecule has 0 radical (unpaired) electrons. The summed E-state index contributed by atoms with van der Waals surface area (Å²) in [6.45, 7) is 0.490. The molecule has 0 fully saturated rings. The lowest BCUT2D eigenvalue weighted by molar-refractivity contribution is 0.959. The summed E-state index contributed by atoms with van der Waals surface area (Å²) in [5.74, 6) is 0. The minimum Gasteiger partial charge on any atom is -0.325 e. The van der Waals surface area contributed by atoms with Crippen LogP contribution in [0.1, 0.15) is 11.4 Å². The fourth-order valence-corrected chi connectivity index (χ4v) is 2.22. The first-order valence-corrected chi connectivity index (χ1v) is 6.78. The lowest BCUT2D eigenvalue weighted by Crippen LogP contribution is -1.96. The lowest BCUT2D eigenvalue weighted by atomic mass is 10.2. The van der Waals surface area contributed by atoms with Crippen LogP contribution in [0, 0.1) is 11.3 Å². The molecule has 0 saturated carbocycles. The van der Waals surface area contributed by atoms with E-state index in [1.54, 1.807) is 0 Å². The summed E-state index contributed by atoms with van der Waals surface area (Å²) < 4.78 is 0. The van der Waals surface area contributed by atoms with Crippen molar-refractivity contribution in [1.29, 1.82) is 5.26 Å². The van der Waals surface area contributed by atoms with E-state index < -0.39 is 0 Å². The van der Waals surface area contributed by atoms with Gasteiger partial charge in [0.1, 0.15) is 6.07 Å². The van der Waals surface area contributed by atoms with Crippen LogP contribution in [0.4, 0.5) is 0 Å². The van der Waals surface area contributed by atoms with Crippen molar-refractivity contribution in [2.24, 2.45) is 5.73 Å². The third kappa shape index (κ3) is 2.53. The van der Waals surface area contributed by atoms with E-state index in [2.05, 4.69) is 20.4 Å². The van der Waals surface area contributed by atoms with Gasteiger partial charge in [0.05, 0.1) is 16.7 Å². The van der Waals surface area contributed by atoms with Crippen LogP contribution < -0.4 is 5.73 Å². The molecule has 2 aromatic carbocycles. The summed E-state index contributed by atoms with van der Waals surface area (Å²) in [4.78, 5) is 0. The van der Waals surface area contributed by atoms with Crippen LogP contribution in [-0.4, -0.2) is 20.4 Å². The van der Waals surface area contributed by atoms with Gasteiger partial charge in [-0.15, -0.1) is 0 Å². The van der Waals surface area contributed by atoms with Crippen molar-refractivity contribution < 1.29 is 0 Å². The fraction of sp³-hybridized carbons (Fsp3) is 0.0625. The molecule has 0 amide bonds. The molecule has 2 heterocycles. The SMILES string of the molecule is N#Cc1n[nH]c2ccccc12.NCc1n[nH]c2ccccc12. The van der Waals surface area contributed by atoms with Crippen LogP contribution in [0.15, 0.2) is 48.5 Å². The van der Waals surface area contributed by atoms with Gasteiger partial charge in [-0.25, -0.2) is 0 Å². The standard InChI is InChI=1S/C8H9N3.C8H5N3/c2*9-5-8-6-3-1-2-4-7(6)10-11-8/h1-4H,5,9H2,(H,10,11);1-4H,(H,10,11). The Balaban J connectivity index is 0.000000131. The Morgan fingerprint density at radius 1 is 0.909 bits per heavy atom. The summed E-state index contributed by atoms with van der Waals surface area (Å²) in [7, 11) is 0. The van der Waals surface area contributed by atoms with E-state index in [9.17, 15) is 0 Å². The second kappa shape index (κ2) is 6.08. The monoisotopic (exact) mass is 290 g/mol. The predicted molar refractivity (Wildman–Crippen MR) is 84.8 cm³/mol. The quantitative estimate of drug-likeness (QED) is 0.500. The Labute approximate surface area is 126 Å². The van der Waals surface area contributed by atoms with Crippen molar-refractivity contribution in [2.45, 2.75) is 6.54 Å². The van der Waals surface area contributed by atoms with Gasteiger partial charge in [0.2, 0.25) is 0 Å². The minimum atomic E-state index is 0.459. The predicted octanol–water partition coefficient (Wildman–Crippen LogP) is 2.46. The normalized spacial score (nSPS) is 10.2. The summed E-state index contributed by atoms with van der Waals surface area (Å²) in [5, 5.41) is 24.2. The number of nitrogens with zero attached hydrogens (tertiary/aromatic N) is 3. The van der Waals surface area contributed by atoms with Crippen LogP contribution in [0.5, 0.6) is 0 Å². The number of fused-ring (bicyclic) bond motifs is 2. The third-order valence-corrected chi connectivity index (χ3v) is 3.32. The van der Waals surface area contributed by atoms with Crippen LogP contribution in [0.25, 0.3) is 21.8 Å². The van der Waals surface area contributed by atoms with Crippen molar-refractivity contribution in [3.8, 4) is 6.07 Å². The van der Waals surface area contributed by atoms with Crippen molar-refractivity contribution >= 4 is 21.8 Å². The van der Waals surface area contributed by atoms with Gasteiger partial charge in [-0.3, -0.25) is 10.2 Å². The molecule has 0 saturated heterocycles. The molecular formula is C16H14N6. The van der Waals surface area contributed by atoms with Gasteiger partial charge in [0.25, 0.3) is 0 Å². The Bertz CT molecular complexity index is 944. The first-order valence-electron chi connectivity index (χ1n) is 6.78. The molecule has 0 atom stereocenters. The largest absolute Gasteiger partial charge is 0.325 e. The van der Waals surface area contributed by atoms with E-state index in [0.29, 0.717) is 12.2 Å². The Hall–Kier alpha value is -3.17. The van der Waals surface area contributed by atoms with Crippen LogP contribution in [-0.2, 0) is 6.54 Å². The highest BCUT2D eigenvalue weighted by Crippen LogP contribution is 2.14. The highest BCUT2D eigenvalue weighted by molar-refractivity contribution is 5.83. The second-order valence-electron chi connectivity index (χ2n) is 4.65. The number of benzene rings is 2. The molecule has 4 aromatic rings. The Kier molecular flexibility index (Phi) is 3.81. The van der Waals surface area contributed by atoms with Gasteiger partial charge < -0.3 is 5.73 Å². The lowest BCUT2D eigenvalue weighted by Gasteiger charge is -1.88. The first-order chi connectivity index (χ1) is 10.8. The van der Waals surface area contributed by atoms with Crippen molar-refractivity contribution in [3.05, 3.63) is 59.9 Å². The molecule has 0 aliphatic carbocycles. The Morgan fingerprint density at radius 2 is 1.50 bits per heavy atom. The number of rotatable bonds is 1. The number of aromatic nitrogens is 4. The number of nitrogens with two attached hydrogens (primary N) is 1. The minimum absolute atomic E-state index is 0.459. The molecule has 22 heavy (non-hydrogen) atoms. The number of hydrogen-bond acceptors (Lipinski definition) is 4. The maximum atomic E-state index is 8.59. The topological polar surface area (TPSA) is 107 Å². The molecule has 0 aliphatic rings. The van der Waals surface area contributed by atoms with Gasteiger partial charge in [-0.1, -0.05) is 30.3 Å². The molecule has 0 bridgehead atoms. The van der Waals surface area contributed by atoms with Crippen molar-refractivity contribution in [2.75, 3.05) is 0 Å². The average molecular weight is 290 g/mol. The molecule has 6 nitrogen and oxygen atoms in total. The van der Waals surface area contributed by atoms with E-state index in [0.717, 1.165) is 27.5 Å². The molecule has 4 N–H and O–H groups in total. The van der Waals surface area contributed by atoms with Gasteiger partial charge in [-0.05, 0) is 18.2 Å². The average Bonchev–Trinajstić information content (AvgIpc) is 3.19.